The van der Waals surface area contributed by atoms with Crippen molar-refractivity contribution in [2.24, 2.45) is 0 Å². The Labute approximate surface area is 362 Å². The normalized spacial score (nSPS) is 11.2. The maximum absolute atomic E-state index is 2.38. The van der Waals surface area contributed by atoms with Crippen LogP contribution in [0.15, 0.2) is 255 Å². The minimum absolute atomic E-state index is 1.10. The zero-order valence-electron chi connectivity index (χ0n) is 34.1. The number of hydrogen-bond donors (Lipinski definition) is 0. The summed E-state index contributed by atoms with van der Waals surface area (Å²) in [5.74, 6) is 0. The fourth-order valence-corrected chi connectivity index (χ4v) is 8.90. The average Bonchev–Trinajstić information content (AvgIpc) is 3.70. The van der Waals surface area contributed by atoms with Gasteiger partial charge in [-0.05, 0) is 128 Å². The summed E-state index contributed by atoms with van der Waals surface area (Å²) in [6.07, 6.45) is 0. The molecule has 11 rings (SSSR count). The van der Waals surface area contributed by atoms with Crippen LogP contribution < -0.4 is 4.90 Å². The number of rotatable bonds is 9. The molecule has 2 heteroatoms. The van der Waals surface area contributed by atoms with Gasteiger partial charge in [0, 0.05) is 33.5 Å². The summed E-state index contributed by atoms with van der Waals surface area (Å²) in [5, 5.41) is 2.54. The number of hydrogen-bond acceptors (Lipinski definition) is 1. The molecule has 0 atom stereocenters. The molecule has 1 heterocycles. The second-order valence-corrected chi connectivity index (χ2v) is 15.8. The van der Waals surface area contributed by atoms with E-state index in [2.05, 4.69) is 264 Å². The molecule has 0 amide bonds. The van der Waals surface area contributed by atoms with Crippen molar-refractivity contribution in [2.75, 3.05) is 4.90 Å². The molecule has 11 aromatic rings. The van der Waals surface area contributed by atoms with Crippen molar-refractivity contribution >= 4 is 38.9 Å². The van der Waals surface area contributed by atoms with Gasteiger partial charge in [-0.15, -0.1) is 0 Å². The van der Waals surface area contributed by atoms with E-state index in [1.807, 2.05) is 0 Å². The number of nitrogens with zero attached hydrogens (tertiary/aromatic N) is 2. The van der Waals surface area contributed by atoms with Crippen LogP contribution in [0.5, 0.6) is 0 Å². The third-order valence-corrected chi connectivity index (χ3v) is 12.0. The lowest BCUT2D eigenvalue weighted by Crippen LogP contribution is -2.09. The first kappa shape index (κ1) is 36.8. The molecule has 0 radical (unpaired) electrons. The van der Waals surface area contributed by atoms with E-state index in [0.29, 0.717) is 0 Å². The Balaban J connectivity index is 0.900. The highest BCUT2D eigenvalue weighted by atomic mass is 15.1. The van der Waals surface area contributed by atoms with Gasteiger partial charge in [0.15, 0.2) is 0 Å². The van der Waals surface area contributed by atoms with Gasteiger partial charge in [-0.1, -0.05) is 182 Å². The Kier molecular flexibility index (Phi) is 9.57. The topological polar surface area (TPSA) is 8.17 Å². The quantitative estimate of drug-likeness (QED) is 0.141. The first-order valence-electron chi connectivity index (χ1n) is 21.2. The molecule has 0 fully saturated rings. The molecule has 0 bridgehead atoms. The van der Waals surface area contributed by atoms with Crippen LogP contribution in [0.1, 0.15) is 0 Å². The number of aromatic nitrogens is 1. The first-order chi connectivity index (χ1) is 30.7. The molecule has 0 saturated heterocycles. The van der Waals surface area contributed by atoms with Crippen LogP contribution in [0.25, 0.3) is 83.1 Å². The van der Waals surface area contributed by atoms with E-state index >= 15 is 0 Å². The molecule has 1 aromatic heterocycles. The Morgan fingerprint density at radius 3 is 0.968 bits per heavy atom. The van der Waals surface area contributed by atoms with Gasteiger partial charge in [-0.3, -0.25) is 0 Å². The monoisotopic (exact) mass is 790 g/mol. The third-order valence-electron chi connectivity index (χ3n) is 12.0. The molecule has 0 aliphatic carbocycles. The molecule has 0 aliphatic rings. The van der Waals surface area contributed by atoms with Gasteiger partial charge in [0.25, 0.3) is 0 Å². The summed E-state index contributed by atoms with van der Waals surface area (Å²) in [4.78, 5) is 2.34. The van der Waals surface area contributed by atoms with Gasteiger partial charge in [-0.2, -0.15) is 0 Å². The van der Waals surface area contributed by atoms with Crippen molar-refractivity contribution in [2.45, 2.75) is 0 Å². The smallest absolute Gasteiger partial charge is 0.0541 e. The lowest BCUT2D eigenvalue weighted by atomic mass is 9.96. The standard InChI is InChI=1S/C60H42N2/c1-3-14-43(15-4-1)45-28-34-53(35-29-45)61(54-36-30-46(31-37-54)44-16-5-2-6-17-44)55-38-32-47(33-39-55)48-18-11-19-49(40-48)50-20-12-21-51(41-50)52-22-13-23-56(42-52)62-59-26-9-7-24-57(59)58-25-8-10-27-60(58)62/h1-42H. The second kappa shape index (κ2) is 16.1. The zero-order valence-corrected chi connectivity index (χ0v) is 34.1. The molecule has 10 aromatic carbocycles. The fourth-order valence-electron chi connectivity index (χ4n) is 8.90. The zero-order chi connectivity index (χ0) is 41.2. The molecule has 0 unspecified atom stereocenters. The summed E-state index contributed by atoms with van der Waals surface area (Å²) in [5.41, 5.74) is 18.8. The van der Waals surface area contributed by atoms with Crippen molar-refractivity contribution in [1.82, 2.24) is 4.57 Å². The Morgan fingerprint density at radius 2 is 0.532 bits per heavy atom. The Bertz CT molecular complexity index is 3170. The summed E-state index contributed by atoms with van der Waals surface area (Å²) < 4.78 is 2.38. The maximum atomic E-state index is 2.38. The van der Waals surface area contributed by atoms with E-state index in [1.165, 1.54) is 77.4 Å². The Hall–Kier alpha value is -8.20. The number of para-hydroxylation sites is 2. The second-order valence-electron chi connectivity index (χ2n) is 15.8. The van der Waals surface area contributed by atoms with Crippen molar-refractivity contribution in [1.29, 1.82) is 0 Å². The summed E-state index contributed by atoms with van der Waals surface area (Å²) in [7, 11) is 0. The van der Waals surface area contributed by atoms with Crippen molar-refractivity contribution in [3.63, 3.8) is 0 Å². The van der Waals surface area contributed by atoms with Crippen LogP contribution >= 0.6 is 0 Å². The van der Waals surface area contributed by atoms with Gasteiger partial charge in [-0.25, -0.2) is 0 Å². The summed E-state index contributed by atoms with van der Waals surface area (Å²) in [6, 6.07) is 91.9. The Morgan fingerprint density at radius 1 is 0.226 bits per heavy atom. The molecular formula is C60H42N2. The molecule has 0 aliphatic heterocycles. The van der Waals surface area contributed by atoms with E-state index in [0.717, 1.165) is 22.7 Å². The molecular weight excluding hydrogens is 749 g/mol. The fraction of sp³-hybridized carbons (Fsp3) is 0. The minimum atomic E-state index is 1.10. The van der Waals surface area contributed by atoms with E-state index in [4.69, 9.17) is 0 Å². The van der Waals surface area contributed by atoms with Gasteiger partial charge in [0.05, 0.1) is 11.0 Å². The van der Waals surface area contributed by atoms with Crippen molar-refractivity contribution < 1.29 is 0 Å². The highest BCUT2D eigenvalue weighted by molar-refractivity contribution is 6.09. The third kappa shape index (κ3) is 7.04. The number of anilines is 3. The van der Waals surface area contributed by atoms with Crippen molar-refractivity contribution in [3.8, 4) is 61.3 Å². The van der Waals surface area contributed by atoms with E-state index < -0.39 is 0 Å². The number of fused-ring (bicyclic) bond motifs is 3. The van der Waals surface area contributed by atoms with E-state index in [9.17, 15) is 0 Å². The van der Waals surface area contributed by atoms with Crippen LogP contribution in [0.2, 0.25) is 0 Å². The lowest BCUT2D eigenvalue weighted by Gasteiger charge is -2.26. The molecule has 0 spiro atoms. The molecule has 62 heavy (non-hydrogen) atoms. The van der Waals surface area contributed by atoms with Crippen molar-refractivity contribution in [3.05, 3.63) is 255 Å². The number of benzene rings is 10. The maximum Gasteiger partial charge on any atom is 0.0541 e. The average molecular weight is 791 g/mol. The van der Waals surface area contributed by atoms with Gasteiger partial charge in [0.1, 0.15) is 0 Å². The van der Waals surface area contributed by atoms with Crippen LogP contribution in [0.3, 0.4) is 0 Å². The SMILES string of the molecule is c1ccc(-c2ccc(N(c3ccc(-c4ccccc4)cc3)c3ccc(-c4cccc(-c5cccc(-c6cccc(-n7c8ccccc8c8ccccc87)c6)c5)c4)cc3)cc2)cc1. The molecule has 0 saturated carbocycles. The van der Waals surface area contributed by atoms with Gasteiger partial charge >= 0.3 is 0 Å². The van der Waals surface area contributed by atoms with Crippen LogP contribution in [-0.4, -0.2) is 4.57 Å². The first-order valence-corrected chi connectivity index (χ1v) is 21.2. The molecule has 2 nitrogen and oxygen atoms in total. The van der Waals surface area contributed by atoms with E-state index in [1.54, 1.807) is 0 Å². The largest absolute Gasteiger partial charge is 0.311 e. The summed E-state index contributed by atoms with van der Waals surface area (Å²) >= 11 is 0. The summed E-state index contributed by atoms with van der Waals surface area (Å²) in [6.45, 7) is 0. The van der Waals surface area contributed by atoms with Gasteiger partial charge < -0.3 is 9.47 Å². The predicted octanol–water partition coefficient (Wildman–Crippen LogP) is 16.6. The highest BCUT2D eigenvalue weighted by Gasteiger charge is 2.15. The lowest BCUT2D eigenvalue weighted by molar-refractivity contribution is 1.18. The van der Waals surface area contributed by atoms with Crippen LogP contribution in [0, 0.1) is 0 Å². The van der Waals surface area contributed by atoms with E-state index in [-0.39, 0.29) is 0 Å². The minimum Gasteiger partial charge on any atom is -0.311 e. The van der Waals surface area contributed by atoms with Crippen LogP contribution in [0.4, 0.5) is 17.1 Å². The predicted molar refractivity (Wildman–Crippen MR) is 263 cm³/mol. The molecule has 292 valence electrons. The van der Waals surface area contributed by atoms with Gasteiger partial charge in [0.2, 0.25) is 0 Å². The highest BCUT2D eigenvalue weighted by Crippen LogP contribution is 2.39. The molecule has 0 N–H and O–H groups in total. The van der Waals surface area contributed by atoms with Crippen LogP contribution in [-0.2, 0) is 0 Å².